The number of anilines is 3. The molecule has 1 amide bonds. The van der Waals surface area contributed by atoms with Crippen molar-refractivity contribution in [3.63, 3.8) is 0 Å². The number of aromatic amines is 1. The zero-order valence-electron chi connectivity index (χ0n) is 18.2. The molecule has 0 saturated heterocycles. The Morgan fingerprint density at radius 1 is 0.941 bits per heavy atom. The Hall–Kier alpha value is -4.45. The van der Waals surface area contributed by atoms with Gasteiger partial charge in [-0.2, -0.15) is 10.1 Å². The molecule has 11 nitrogen and oxygen atoms in total. The number of rotatable bonds is 8. The highest BCUT2D eigenvalue weighted by molar-refractivity contribution is 7.92. The lowest BCUT2D eigenvalue weighted by Crippen LogP contribution is -2.26. The van der Waals surface area contributed by atoms with Gasteiger partial charge >= 0.3 is 0 Å². The molecule has 0 fully saturated rings. The largest absolute Gasteiger partial charge is 0.489 e. The van der Waals surface area contributed by atoms with Gasteiger partial charge in [-0.05, 0) is 42.5 Å². The lowest BCUT2D eigenvalue weighted by Gasteiger charge is -2.22. The van der Waals surface area contributed by atoms with E-state index in [2.05, 4.69) is 24.9 Å². The van der Waals surface area contributed by atoms with Crippen LogP contribution in [0.15, 0.2) is 78.1 Å². The third-order valence-corrected chi connectivity index (χ3v) is 6.11. The first-order valence-electron chi connectivity index (χ1n) is 9.89. The van der Waals surface area contributed by atoms with Crippen LogP contribution in [-0.4, -0.2) is 48.7 Å². The van der Waals surface area contributed by atoms with Crippen molar-refractivity contribution in [3.05, 3.63) is 78.9 Å². The van der Waals surface area contributed by atoms with Crippen molar-refractivity contribution >= 4 is 33.1 Å². The number of aromatic nitrogens is 4. The maximum absolute atomic E-state index is 13.1. The number of hydrogen-bond donors (Lipinski definition) is 2. The van der Waals surface area contributed by atoms with Crippen LogP contribution in [0, 0.1) is 0 Å². The van der Waals surface area contributed by atoms with E-state index in [0.717, 1.165) is 6.33 Å². The maximum atomic E-state index is 13.1. The van der Waals surface area contributed by atoms with Crippen LogP contribution in [0.4, 0.5) is 17.2 Å². The first-order valence-corrected chi connectivity index (χ1v) is 11.4. The molecule has 0 aliphatic rings. The topological polar surface area (TPSA) is 139 Å². The van der Waals surface area contributed by atoms with Gasteiger partial charge in [0.1, 0.15) is 12.0 Å². The molecule has 4 rings (SSSR count). The summed E-state index contributed by atoms with van der Waals surface area (Å²) in [4.78, 5) is 22.4. The minimum Gasteiger partial charge on any atom is -0.489 e. The molecule has 4 aromatic rings. The Morgan fingerprint density at radius 2 is 1.65 bits per heavy atom. The number of hydrogen-bond acceptors (Lipinski definition) is 8. The summed E-state index contributed by atoms with van der Waals surface area (Å²) >= 11 is 0. The molecule has 174 valence electrons. The van der Waals surface area contributed by atoms with Crippen LogP contribution in [0.1, 0.15) is 10.5 Å². The van der Waals surface area contributed by atoms with Gasteiger partial charge in [0, 0.05) is 17.6 Å². The molecule has 0 atom stereocenters. The monoisotopic (exact) mass is 480 g/mol. The maximum Gasteiger partial charge on any atom is 0.280 e. The van der Waals surface area contributed by atoms with Gasteiger partial charge in [0.15, 0.2) is 5.82 Å². The third-order valence-electron chi connectivity index (χ3n) is 4.75. The van der Waals surface area contributed by atoms with E-state index < -0.39 is 10.0 Å². The van der Waals surface area contributed by atoms with Gasteiger partial charge in [-0.15, -0.1) is 0 Å². The Morgan fingerprint density at radius 3 is 2.26 bits per heavy atom. The zero-order valence-corrected chi connectivity index (χ0v) is 19.0. The Balaban J connectivity index is 1.67. The summed E-state index contributed by atoms with van der Waals surface area (Å²) in [5.74, 6) is -0.291. The third kappa shape index (κ3) is 4.52. The van der Waals surface area contributed by atoms with Gasteiger partial charge in [-0.3, -0.25) is 19.5 Å². The molecule has 0 aliphatic carbocycles. The fourth-order valence-electron chi connectivity index (χ4n) is 3.18. The minimum atomic E-state index is -4.04. The van der Waals surface area contributed by atoms with Crippen molar-refractivity contribution in [2.45, 2.75) is 4.90 Å². The number of nitrogens with zero attached hydrogens (tertiary/aromatic N) is 4. The molecule has 0 bridgehead atoms. The van der Waals surface area contributed by atoms with E-state index in [1.807, 2.05) is 6.07 Å². The van der Waals surface area contributed by atoms with Gasteiger partial charge < -0.3 is 9.47 Å². The number of sulfonamides is 1. The van der Waals surface area contributed by atoms with Crippen molar-refractivity contribution in [1.82, 2.24) is 20.2 Å². The highest BCUT2D eigenvalue weighted by Crippen LogP contribution is 2.33. The van der Waals surface area contributed by atoms with E-state index in [-0.39, 0.29) is 33.9 Å². The summed E-state index contributed by atoms with van der Waals surface area (Å²) < 4.78 is 38.6. The lowest BCUT2D eigenvalue weighted by molar-refractivity contribution is 0.0994. The minimum absolute atomic E-state index is 0.0436. The van der Waals surface area contributed by atoms with Crippen molar-refractivity contribution in [1.29, 1.82) is 0 Å². The fraction of sp³-hybridized carbons (Fsp3) is 0.0909. The summed E-state index contributed by atoms with van der Waals surface area (Å²) in [7, 11) is -1.31. The fourth-order valence-corrected chi connectivity index (χ4v) is 4.19. The Bertz CT molecular complexity index is 1380. The number of carbonyl (C=O) groups excluding carboxylic acids is 1. The standard InChI is InChI=1S/C22H20N6O5S/c1-32-19-20(23-14-24-21(19)33-2)27-34(30,31)17-10-8-16(9-11-17)28(15-6-4-3-5-7-15)22(29)18-12-13-25-26-18/h3-14H,1-2H3,(H,25,26)(H,23,24,27). The second-order valence-corrected chi connectivity index (χ2v) is 8.49. The van der Waals surface area contributed by atoms with E-state index in [1.54, 1.807) is 30.3 Å². The van der Waals surface area contributed by atoms with Crippen LogP contribution in [0.3, 0.4) is 0 Å². The summed E-state index contributed by atoms with van der Waals surface area (Å²) in [6.07, 6.45) is 2.63. The van der Waals surface area contributed by atoms with Gasteiger partial charge in [0.05, 0.1) is 19.1 Å². The molecule has 2 aromatic carbocycles. The molecular weight excluding hydrogens is 460 g/mol. The van der Waals surface area contributed by atoms with E-state index in [0.29, 0.717) is 11.4 Å². The number of nitrogens with one attached hydrogen (secondary N) is 2. The average molecular weight is 481 g/mol. The number of para-hydroxylation sites is 1. The zero-order chi connectivity index (χ0) is 24.1. The van der Waals surface area contributed by atoms with Crippen molar-refractivity contribution in [3.8, 4) is 11.6 Å². The SMILES string of the molecule is COc1ncnc(NS(=O)(=O)c2ccc(N(C(=O)c3ccn[nH]3)c3ccccc3)cc2)c1OC. The Labute approximate surface area is 195 Å². The molecule has 2 N–H and O–H groups in total. The summed E-state index contributed by atoms with van der Waals surface area (Å²) in [5, 5.41) is 6.49. The first-order chi connectivity index (χ1) is 16.4. The highest BCUT2D eigenvalue weighted by Gasteiger charge is 2.24. The van der Waals surface area contributed by atoms with Crippen LogP contribution in [0.25, 0.3) is 0 Å². The number of ether oxygens (including phenoxy) is 2. The van der Waals surface area contributed by atoms with Crippen LogP contribution in [0.2, 0.25) is 0 Å². The van der Waals surface area contributed by atoms with E-state index >= 15 is 0 Å². The number of amides is 1. The predicted molar refractivity (Wildman–Crippen MR) is 124 cm³/mol. The van der Waals surface area contributed by atoms with E-state index in [4.69, 9.17) is 9.47 Å². The quantitative estimate of drug-likeness (QED) is 0.392. The van der Waals surface area contributed by atoms with Crippen molar-refractivity contribution < 1.29 is 22.7 Å². The van der Waals surface area contributed by atoms with Gasteiger partial charge in [0.25, 0.3) is 21.8 Å². The van der Waals surface area contributed by atoms with Crippen LogP contribution < -0.4 is 19.1 Å². The molecular formula is C22H20N6O5S. The van der Waals surface area contributed by atoms with Gasteiger partial charge in [-0.1, -0.05) is 18.2 Å². The van der Waals surface area contributed by atoms with Gasteiger partial charge in [-0.25, -0.2) is 13.4 Å². The second-order valence-electron chi connectivity index (χ2n) is 6.81. The molecule has 12 heteroatoms. The number of benzene rings is 2. The number of H-pyrrole nitrogens is 1. The normalized spacial score (nSPS) is 11.0. The Kier molecular flexibility index (Phi) is 6.41. The summed E-state index contributed by atoms with van der Waals surface area (Å²) in [6, 6.07) is 16.4. The van der Waals surface area contributed by atoms with Crippen LogP contribution in [-0.2, 0) is 10.0 Å². The second kappa shape index (κ2) is 9.58. The molecule has 2 aromatic heterocycles. The predicted octanol–water partition coefficient (Wildman–Crippen LogP) is 3.00. The van der Waals surface area contributed by atoms with Crippen LogP contribution >= 0.6 is 0 Å². The lowest BCUT2D eigenvalue weighted by atomic mass is 10.2. The van der Waals surface area contributed by atoms with E-state index in [9.17, 15) is 13.2 Å². The van der Waals surface area contributed by atoms with E-state index in [1.165, 1.54) is 49.6 Å². The summed E-state index contributed by atoms with van der Waals surface area (Å²) in [5.41, 5.74) is 1.35. The molecule has 0 unspecified atom stereocenters. The first kappa shape index (κ1) is 22.7. The molecule has 34 heavy (non-hydrogen) atoms. The molecule has 0 spiro atoms. The highest BCUT2D eigenvalue weighted by atomic mass is 32.2. The average Bonchev–Trinajstić information content (AvgIpc) is 3.40. The molecule has 2 heterocycles. The molecule has 0 saturated carbocycles. The molecule has 0 radical (unpaired) electrons. The summed E-state index contributed by atoms with van der Waals surface area (Å²) in [6.45, 7) is 0. The number of methoxy groups -OCH3 is 2. The number of carbonyl (C=O) groups is 1. The van der Waals surface area contributed by atoms with Gasteiger partial charge in [0.2, 0.25) is 5.75 Å². The van der Waals surface area contributed by atoms with Crippen molar-refractivity contribution in [2.75, 3.05) is 23.8 Å². The van der Waals surface area contributed by atoms with Crippen molar-refractivity contribution in [2.24, 2.45) is 0 Å². The molecule has 0 aliphatic heterocycles. The van der Waals surface area contributed by atoms with Crippen LogP contribution in [0.5, 0.6) is 11.6 Å². The smallest absolute Gasteiger partial charge is 0.280 e.